The van der Waals surface area contributed by atoms with Crippen LogP contribution in [0.4, 0.5) is 5.69 Å². The van der Waals surface area contributed by atoms with Gasteiger partial charge in [0.05, 0.1) is 14.2 Å². The molecule has 4 nitrogen and oxygen atoms in total. The number of hydrogen-bond donors (Lipinski definition) is 1. The summed E-state index contributed by atoms with van der Waals surface area (Å²) in [5, 5.41) is 3.59. The number of aryl methyl sites for hydroxylation is 1. The van der Waals surface area contributed by atoms with Crippen molar-refractivity contribution in [2.75, 3.05) is 19.5 Å². The first-order valence-corrected chi connectivity index (χ1v) is 7.76. The molecule has 5 heteroatoms. The van der Waals surface area contributed by atoms with Crippen LogP contribution in [0.3, 0.4) is 0 Å². The normalized spacial score (nSPS) is 10.2. The van der Waals surface area contributed by atoms with Crippen LogP contribution in [0.25, 0.3) is 0 Å². The second-order valence-corrected chi connectivity index (χ2v) is 5.57. The van der Waals surface area contributed by atoms with Crippen molar-refractivity contribution in [2.45, 2.75) is 19.3 Å². The van der Waals surface area contributed by atoms with E-state index < -0.39 is 0 Å². The largest absolute Gasteiger partial charge is 0.497 e. The molecule has 0 radical (unpaired) electrons. The van der Waals surface area contributed by atoms with E-state index in [9.17, 15) is 4.79 Å². The van der Waals surface area contributed by atoms with E-state index >= 15 is 0 Å². The summed E-state index contributed by atoms with van der Waals surface area (Å²) in [5.41, 5.74) is 1.84. The van der Waals surface area contributed by atoms with Gasteiger partial charge < -0.3 is 14.8 Å². The van der Waals surface area contributed by atoms with Crippen molar-refractivity contribution in [2.24, 2.45) is 0 Å². The first-order valence-electron chi connectivity index (χ1n) is 7.38. The van der Waals surface area contributed by atoms with Crippen molar-refractivity contribution in [1.29, 1.82) is 0 Å². The van der Waals surface area contributed by atoms with Gasteiger partial charge in [-0.2, -0.15) is 0 Å². The van der Waals surface area contributed by atoms with Crippen molar-refractivity contribution >= 4 is 23.2 Å². The highest BCUT2D eigenvalue weighted by Gasteiger charge is 2.06. The Morgan fingerprint density at radius 3 is 2.22 bits per heavy atom. The van der Waals surface area contributed by atoms with Gasteiger partial charge in [0, 0.05) is 35.3 Å². The number of carbonyl (C=O) groups is 1. The van der Waals surface area contributed by atoms with Crippen molar-refractivity contribution < 1.29 is 14.3 Å². The third-order valence-electron chi connectivity index (χ3n) is 3.42. The van der Waals surface area contributed by atoms with E-state index in [1.807, 2.05) is 24.3 Å². The molecule has 1 amide bonds. The second kappa shape index (κ2) is 8.44. The number of anilines is 1. The molecule has 2 rings (SSSR count). The Labute approximate surface area is 141 Å². The molecule has 2 aromatic carbocycles. The van der Waals surface area contributed by atoms with E-state index in [-0.39, 0.29) is 5.91 Å². The van der Waals surface area contributed by atoms with Gasteiger partial charge in [-0.3, -0.25) is 4.79 Å². The molecule has 122 valence electrons. The van der Waals surface area contributed by atoms with Crippen molar-refractivity contribution in [1.82, 2.24) is 0 Å². The van der Waals surface area contributed by atoms with Gasteiger partial charge in [-0.05, 0) is 30.5 Å². The molecule has 0 fully saturated rings. The molecule has 2 aromatic rings. The molecule has 23 heavy (non-hydrogen) atoms. The Morgan fingerprint density at radius 2 is 1.65 bits per heavy atom. The van der Waals surface area contributed by atoms with E-state index in [0.717, 1.165) is 17.9 Å². The van der Waals surface area contributed by atoms with Gasteiger partial charge in [-0.25, -0.2) is 0 Å². The van der Waals surface area contributed by atoms with E-state index in [2.05, 4.69) is 5.32 Å². The van der Waals surface area contributed by atoms with Crippen LogP contribution in [0, 0.1) is 0 Å². The molecular formula is C18H20ClNO3. The minimum atomic E-state index is -0.0331. The fourth-order valence-electron chi connectivity index (χ4n) is 2.21. The molecule has 0 heterocycles. The maximum absolute atomic E-state index is 12.0. The molecule has 0 aromatic heterocycles. The average molecular weight is 334 g/mol. The molecule has 0 atom stereocenters. The number of halogens is 1. The summed E-state index contributed by atoms with van der Waals surface area (Å²) >= 11 is 5.85. The number of ether oxygens (including phenoxy) is 2. The molecule has 0 unspecified atom stereocenters. The smallest absolute Gasteiger partial charge is 0.224 e. The Kier molecular flexibility index (Phi) is 6.29. The molecule has 0 aliphatic rings. The lowest BCUT2D eigenvalue weighted by Crippen LogP contribution is -2.11. The molecule has 0 spiro atoms. The summed E-state index contributed by atoms with van der Waals surface area (Å²) in [6, 6.07) is 13.0. The van der Waals surface area contributed by atoms with Gasteiger partial charge in [0.25, 0.3) is 0 Å². The van der Waals surface area contributed by atoms with Crippen LogP contribution in [-0.2, 0) is 11.2 Å². The lowest BCUT2D eigenvalue weighted by Gasteiger charge is -2.10. The summed E-state index contributed by atoms with van der Waals surface area (Å²) in [4.78, 5) is 12.0. The van der Waals surface area contributed by atoms with Crippen LogP contribution >= 0.6 is 11.6 Å². The Hall–Kier alpha value is -2.20. The van der Waals surface area contributed by atoms with Gasteiger partial charge in [0.15, 0.2) is 0 Å². The number of amides is 1. The van der Waals surface area contributed by atoms with E-state index in [1.165, 1.54) is 5.56 Å². The standard InChI is InChI=1S/C18H20ClNO3/c1-22-16-10-15(11-17(12-16)23-2)20-18(21)5-3-4-13-6-8-14(19)9-7-13/h6-12H,3-5H2,1-2H3,(H,20,21). The average Bonchev–Trinajstić information content (AvgIpc) is 2.56. The molecular weight excluding hydrogens is 314 g/mol. The third kappa shape index (κ3) is 5.49. The summed E-state index contributed by atoms with van der Waals surface area (Å²) in [6.45, 7) is 0. The van der Waals surface area contributed by atoms with Crippen molar-refractivity contribution in [3.63, 3.8) is 0 Å². The SMILES string of the molecule is COc1cc(NC(=O)CCCc2ccc(Cl)cc2)cc(OC)c1. The lowest BCUT2D eigenvalue weighted by atomic mass is 10.1. The maximum Gasteiger partial charge on any atom is 0.224 e. The minimum absolute atomic E-state index is 0.0331. The summed E-state index contributed by atoms with van der Waals surface area (Å²) in [6.07, 6.45) is 2.06. The van der Waals surface area contributed by atoms with E-state index in [1.54, 1.807) is 32.4 Å². The van der Waals surface area contributed by atoms with Crippen LogP contribution in [0.2, 0.25) is 5.02 Å². The molecule has 0 saturated heterocycles. The fraction of sp³-hybridized carbons (Fsp3) is 0.278. The van der Waals surface area contributed by atoms with Crippen molar-refractivity contribution in [3.8, 4) is 11.5 Å². The fourth-order valence-corrected chi connectivity index (χ4v) is 2.33. The summed E-state index contributed by atoms with van der Waals surface area (Å²) in [5.74, 6) is 1.25. The number of rotatable bonds is 7. The predicted molar refractivity (Wildman–Crippen MR) is 92.6 cm³/mol. The van der Waals surface area contributed by atoms with Gasteiger partial charge in [0.2, 0.25) is 5.91 Å². The summed E-state index contributed by atoms with van der Waals surface area (Å²) in [7, 11) is 3.15. The summed E-state index contributed by atoms with van der Waals surface area (Å²) < 4.78 is 10.4. The number of hydrogen-bond acceptors (Lipinski definition) is 3. The molecule has 0 aliphatic carbocycles. The zero-order valence-corrected chi connectivity index (χ0v) is 14.0. The minimum Gasteiger partial charge on any atom is -0.497 e. The lowest BCUT2D eigenvalue weighted by molar-refractivity contribution is -0.116. The maximum atomic E-state index is 12.0. The highest BCUT2D eigenvalue weighted by atomic mass is 35.5. The quantitative estimate of drug-likeness (QED) is 0.821. The zero-order chi connectivity index (χ0) is 16.7. The molecule has 1 N–H and O–H groups in total. The monoisotopic (exact) mass is 333 g/mol. The van der Waals surface area contributed by atoms with Crippen molar-refractivity contribution in [3.05, 3.63) is 53.1 Å². The van der Waals surface area contributed by atoms with Gasteiger partial charge >= 0.3 is 0 Å². The first kappa shape index (κ1) is 17.2. The highest BCUT2D eigenvalue weighted by molar-refractivity contribution is 6.30. The molecule has 0 aliphatic heterocycles. The topological polar surface area (TPSA) is 47.6 Å². The highest BCUT2D eigenvalue weighted by Crippen LogP contribution is 2.25. The number of nitrogens with one attached hydrogen (secondary N) is 1. The number of benzene rings is 2. The zero-order valence-electron chi connectivity index (χ0n) is 13.3. The molecule has 0 saturated carbocycles. The molecule has 0 bridgehead atoms. The predicted octanol–water partition coefficient (Wildman–Crippen LogP) is 4.32. The Morgan fingerprint density at radius 1 is 1.04 bits per heavy atom. The van der Waals surface area contributed by atoms with Crippen LogP contribution in [-0.4, -0.2) is 20.1 Å². The van der Waals surface area contributed by atoms with Gasteiger partial charge in [-0.15, -0.1) is 0 Å². The van der Waals surface area contributed by atoms with E-state index in [0.29, 0.717) is 23.6 Å². The van der Waals surface area contributed by atoms with Crippen LogP contribution in [0.5, 0.6) is 11.5 Å². The first-order chi connectivity index (χ1) is 11.1. The van der Waals surface area contributed by atoms with Crippen LogP contribution in [0.15, 0.2) is 42.5 Å². The second-order valence-electron chi connectivity index (χ2n) is 5.13. The van der Waals surface area contributed by atoms with Gasteiger partial charge in [0.1, 0.15) is 11.5 Å². The van der Waals surface area contributed by atoms with E-state index in [4.69, 9.17) is 21.1 Å². The third-order valence-corrected chi connectivity index (χ3v) is 3.67. The number of carbonyl (C=O) groups excluding carboxylic acids is 1. The van der Waals surface area contributed by atoms with Gasteiger partial charge in [-0.1, -0.05) is 23.7 Å². The Bertz CT molecular complexity index is 634. The Balaban J connectivity index is 1.85. The van der Waals surface area contributed by atoms with Crippen LogP contribution in [0.1, 0.15) is 18.4 Å². The number of methoxy groups -OCH3 is 2. The van der Waals surface area contributed by atoms with Crippen LogP contribution < -0.4 is 14.8 Å².